The largest absolute Gasteiger partial charge is 0.371 e. The zero-order valence-corrected chi connectivity index (χ0v) is 15.0. The number of rotatable bonds is 2. The fourth-order valence-electron chi connectivity index (χ4n) is 3.16. The molecule has 27 heavy (non-hydrogen) atoms. The third-order valence-electron chi connectivity index (χ3n) is 4.58. The summed E-state index contributed by atoms with van der Waals surface area (Å²) in [6, 6.07) is 11.7. The second-order valence-corrected chi connectivity index (χ2v) is 6.55. The second-order valence-electron chi connectivity index (χ2n) is 6.55. The Morgan fingerprint density at radius 1 is 0.889 bits per heavy atom. The molecule has 1 aromatic carbocycles. The van der Waals surface area contributed by atoms with Crippen LogP contribution in [0.15, 0.2) is 49.1 Å². The molecule has 5 nitrogen and oxygen atoms in total. The lowest BCUT2D eigenvalue weighted by molar-refractivity contribution is 0.578. The molecule has 2 aromatic heterocycles. The van der Waals surface area contributed by atoms with E-state index >= 15 is 0 Å². The van der Waals surface area contributed by atoms with Crippen molar-refractivity contribution in [2.45, 2.75) is 19.3 Å². The first-order valence-electron chi connectivity index (χ1n) is 9.09. The van der Waals surface area contributed by atoms with Gasteiger partial charge in [0.1, 0.15) is 0 Å². The SMILES string of the molecule is Nc1ncc(C#Cc2cncc(-c3cc[c]c(N4CCCCC4)c3)c2)cn1. The van der Waals surface area contributed by atoms with Crippen LogP contribution in [0, 0.1) is 17.9 Å². The molecular formula is C22H20N5. The van der Waals surface area contributed by atoms with E-state index in [4.69, 9.17) is 5.73 Å². The number of nitrogen functional groups attached to an aromatic ring is 1. The molecule has 4 rings (SSSR count). The smallest absolute Gasteiger partial charge is 0.219 e. The van der Waals surface area contributed by atoms with E-state index in [1.807, 2.05) is 18.3 Å². The molecule has 3 heterocycles. The second kappa shape index (κ2) is 7.88. The molecule has 5 heteroatoms. The predicted octanol–water partition coefficient (Wildman–Crippen LogP) is 3.31. The molecule has 2 N–H and O–H groups in total. The summed E-state index contributed by atoms with van der Waals surface area (Å²) < 4.78 is 0. The molecule has 133 valence electrons. The van der Waals surface area contributed by atoms with Crippen LogP contribution >= 0.6 is 0 Å². The highest BCUT2D eigenvalue weighted by Gasteiger charge is 2.11. The van der Waals surface area contributed by atoms with Gasteiger partial charge in [-0.15, -0.1) is 0 Å². The van der Waals surface area contributed by atoms with Crippen molar-refractivity contribution < 1.29 is 0 Å². The third kappa shape index (κ3) is 4.24. The van der Waals surface area contributed by atoms with Crippen molar-refractivity contribution in [1.82, 2.24) is 15.0 Å². The van der Waals surface area contributed by atoms with E-state index in [1.165, 1.54) is 19.3 Å². The number of nitrogens with zero attached hydrogens (tertiary/aromatic N) is 4. The van der Waals surface area contributed by atoms with Crippen molar-refractivity contribution in [2.24, 2.45) is 0 Å². The molecular weight excluding hydrogens is 334 g/mol. The van der Waals surface area contributed by atoms with E-state index < -0.39 is 0 Å². The summed E-state index contributed by atoms with van der Waals surface area (Å²) in [6.07, 6.45) is 10.7. The molecule has 1 radical (unpaired) electrons. The van der Waals surface area contributed by atoms with Gasteiger partial charge in [-0.05, 0) is 37.0 Å². The number of piperidine rings is 1. The van der Waals surface area contributed by atoms with Gasteiger partial charge in [0.15, 0.2) is 0 Å². The predicted molar refractivity (Wildman–Crippen MR) is 107 cm³/mol. The molecule has 0 bridgehead atoms. The minimum atomic E-state index is 0.245. The number of benzene rings is 1. The van der Waals surface area contributed by atoms with Gasteiger partial charge in [0.2, 0.25) is 5.95 Å². The van der Waals surface area contributed by atoms with E-state index in [1.54, 1.807) is 18.6 Å². The molecule has 0 unspecified atom stereocenters. The Bertz CT molecular complexity index is 979. The molecule has 1 fully saturated rings. The fourth-order valence-corrected chi connectivity index (χ4v) is 3.16. The number of hydrogen-bond donors (Lipinski definition) is 1. The quantitative estimate of drug-likeness (QED) is 0.715. The van der Waals surface area contributed by atoms with Crippen molar-refractivity contribution in [3.8, 4) is 23.0 Å². The Morgan fingerprint density at radius 3 is 2.48 bits per heavy atom. The number of aromatic nitrogens is 3. The van der Waals surface area contributed by atoms with Crippen molar-refractivity contribution in [1.29, 1.82) is 0 Å². The Kier molecular flexibility index (Phi) is 4.97. The van der Waals surface area contributed by atoms with Crippen LogP contribution in [0.1, 0.15) is 30.4 Å². The maximum atomic E-state index is 5.50. The van der Waals surface area contributed by atoms with Crippen molar-refractivity contribution in [3.05, 3.63) is 66.2 Å². The molecule has 0 spiro atoms. The van der Waals surface area contributed by atoms with Crippen LogP contribution in [0.25, 0.3) is 11.1 Å². The lowest BCUT2D eigenvalue weighted by Crippen LogP contribution is -2.29. The molecule has 1 saturated heterocycles. The summed E-state index contributed by atoms with van der Waals surface area (Å²) in [5.41, 5.74) is 10.4. The molecule has 1 aliphatic rings. The van der Waals surface area contributed by atoms with E-state index in [9.17, 15) is 0 Å². The van der Waals surface area contributed by atoms with Crippen molar-refractivity contribution in [2.75, 3.05) is 23.7 Å². The Labute approximate surface area is 159 Å². The first-order valence-corrected chi connectivity index (χ1v) is 9.09. The Morgan fingerprint density at radius 2 is 1.67 bits per heavy atom. The van der Waals surface area contributed by atoms with E-state index in [-0.39, 0.29) is 5.95 Å². The standard InChI is InChI=1S/C22H20N5/c23-22-25-14-18(15-26-22)8-7-17-11-20(16-24-13-17)19-5-4-6-21(12-19)27-9-2-1-3-10-27/h4-5,11-16H,1-3,9-10H2,(H2,23,25,26). The monoisotopic (exact) mass is 354 g/mol. The van der Waals surface area contributed by atoms with Crippen LogP contribution < -0.4 is 10.6 Å². The van der Waals surface area contributed by atoms with Crippen LogP contribution in [-0.2, 0) is 0 Å². The lowest BCUT2D eigenvalue weighted by Gasteiger charge is -2.28. The zero-order chi connectivity index (χ0) is 18.5. The zero-order valence-electron chi connectivity index (χ0n) is 15.0. The van der Waals surface area contributed by atoms with Crippen LogP contribution in [0.4, 0.5) is 11.6 Å². The van der Waals surface area contributed by atoms with Crippen molar-refractivity contribution >= 4 is 11.6 Å². The molecule has 0 saturated carbocycles. The number of pyridine rings is 1. The van der Waals surface area contributed by atoms with Gasteiger partial charge in [-0.2, -0.15) is 0 Å². The van der Waals surface area contributed by atoms with Crippen LogP contribution in [0.5, 0.6) is 0 Å². The number of nitrogens with two attached hydrogens (primary N) is 1. The van der Waals surface area contributed by atoms with Crippen molar-refractivity contribution in [3.63, 3.8) is 0 Å². The van der Waals surface area contributed by atoms with E-state index in [0.717, 1.165) is 41.0 Å². The summed E-state index contributed by atoms with van der Waals surface area (Å²) in [4.78, 5) is 14.7. The molecule has 0 amide bonds. The van der Waals surface area contributed by atoms with Gasteiger partial charge in [-0.25, -0.2) is 9.97 Å². The summed E-state index contributed by atoms with van der Waals surface area (Å²) in [5.74, 6) is 6.41. The lowest BCUT2D eigenvalue weighted by atomic mass is 10.0. The summed E-state index contributed by atoms with van der Waals surface area (Å²) in [7, 11) is 0. The molecule has 0 aliphatic carbocycles. The highest BCUT2D eigenvalue weighted by atomic mass is 15.1. The van der Waals surface area contributed by atoms with Gasteiger partial charge in [0.25, 0.3) is 0 Å². The average molecular weight is 354 g/mol. The summed E-state index contributed by atoms with van der Waals surface area (Å²) in [6.45, 7) is 2.21. The van der Waals surface area contributed by atoms with E-state index in [0.29, 0.717) is 0 Å². The van der Waals surface area contributed by atoms with Crippen LogP contribution in [0.2, 0.25) is 0 Å². The average Bonchev–Trinajstić information content (AvgIpc) is 2.74. The Balaban J connectivity index is 1.58. The fraction of sp³-hybridized carbons (Fsp3) is 0.227. The molecule has 3 aromatic rings. The van der Waals surface area contributed by atoms with Gasteiger partial charge in [-0.1, -0.05) is 24.0 Å². The van der Waals surface area contributed by atoms with Gasteiger partial charge < -0.3 is 10.6 Å². The maximum Gasteiger partial charge on any atom is 0.219 e. The summed E-state index contributed by atoms with van der Waals surface area (Å²) in [5, 5.41) is 0. The number of hydrogen-bond acceptors (Lipinski definition) is 5. The topological polar surface area (TPSA) is 67.9 Å². The number of anilines is 2. The minimum absolute atomic E-state index is 0.245. The first kappa shape index (κ1) is 17.0. The molecule has 0 atom stereocenters. The minimum Gasteiger partial charge on any atom is -0.371 e. The Hall–Kier alpha value is -3.39. The highest BCUT2D eigenvalue weighted by molar-refractivity contribution is 5.69. The third-order valence-corrected chi connectivity index (χ3v) is 4.58. The van der Waals surface area contributed by atoms with Gasteiger partial charge in [-0.3, -0.25) is 4.98 Å². The van der Waals surface area contributed by atoms with Crippen LogP contribution in [-0.4, -0.2) is 28.0 Å². The highest BCUT2D eigenvalue weighted by Crippen LogP contribution is 2.26. The van der Waals surface area contributed by atoms with Gasteiger partial charge >= 0.3 is 0 Å². The van der Waals surface area contributed by atoms with E-state index in [2.05, 4.69) is 49.9 Å². The normalized spacial score (nSPS) is 13.7. The summed E-state index contributed by atoms with van der Waals surface area (Å²) >= 11 is 0. The molecule has 1 aliphatic heterocycles. The van der Waals surface area contributed by atoms with Gasteiger partial charge in [0, 0.05) is 60.8 Å². The van der Waals surface area contributed by atoms with Crippen LogP contribution in [0.3, 0.4) is 0 Å². The van der Waals surface area contributed by atoms with Gasteiger partial charge in [0.05, 0.1) is 5.56 Å². The first-order chi connectivity index (χ1) is 13.3. The maximum absolute atomic E-state index is 5.50.